The molecule has 0 saturated carbocycles. The Morgan fingerprint density at radius 1 is 1.24 bits per heavy atom. The van der Waals surface area contributed by atoms with Crippen LogP contribution in [0.15, 0.2) is 47.0 Å². The van der Waals surface area contributed by atoms with Gasteiger partial charge in [-0.15, -0.1) is 0 Å². The highest BCUT2D eigenvalue weighted by molar-refractivity contribution is 7.89. The van der Waals surface area contributed by atoms with Crippen molar-refractivity contribution in [3.63, 3.8) is 0 Å². The van der Waals surface area contributed by atoms with Gasteiger partial charge in [0.2, 0.25) is 10.0 Å². The largest absolute Gasteiger partial charge is 0.497 e. The number of carbonyl (C=O) groups is 1. The number of carbonyl (C=O) groups excluding carboxylic acids is 1. The molecule has 0 spiro atoms. The van der Waals surface area contributed by atoms with Crippen molar-refractivity contribution in [1.29, 1.82) is 0 Å². The van der Waals surface area contributed by atoms with Gasteiger partial charge in [-0.3, -0.25) is 4.79 Å². The maximum atomic E-state index is 12.9. The normalized spacial score (nSPS) is 14.0. The first-order valence-corrected chi connectivity index (χ1v) is 12.4. The molecule has 2 aromatic carbocycles. The Balaban J connectivity index is 1.41. The summed E-state index contributed by atoms with van der Waals surface area (Å²) in [6.07, 6.45) is 0.610. The molecule has 0 atom stereocenters. The summed E-state index contributed by atoms with van der Waals surface area (Å²) >= 11 is 6.24. The Hall–Kier alpha value is -2.88. The third-order valence-electron chi connectivity index (χ3n) is 5.65. The standard InChI is InChI=1S/C23H24ClN3O5S/c1-15-21(22(26-32-15)19-5-3-4-6-20(19)24)23(28)25-10-12-33(29,30)27-11-9-16-13-18(31-2)8-7-17(16)14-27/h3-8,13H,9-12,14H2,1-2H3,(H,25,28). The molecule has 1 aliphatic heterocycles. The molecule has 33 heavy (non-hydrogen) atoms. The van der Waals surface area contributed by atoms with E-state index in [1.165, 1.54) is 4.31 Å². The van der Waals surface area contributed by atoms with Crippen LogP contribution in [0.3, 0.4) is 0 Å². The fourth-order valence-electron chi connectivity index (χ4n) is 3.86. The first kappa shape index (κ1) is 23.3. The molecule has 1 aromatic heterocycles. The van der Waals surface area contributed by atoms with Gasteiger partial charge < -0.3 is 14.6 Å². The van der Waals surface area contributed by atoms with Crippen molar-refractivity contribution >= 4 is 27.5 Å². The smallest absolute Gasteiger partial charge is 0.257 e. The lowest BCUT2D eigenvalue weighted by Crippen LogP contribution is -2.40. The Bertz CT molecular complexity index is 1290. The molecule has 1 amide bonds. The third kappa shape index (κ3) is 4.90. The molecule has 0 aliphatic carbocycles. The molecule has 0 saturated heterocycles. The number of ether oxygens (including phenoxy) is 1. The van der Waals surface area contributed by atoms with E-state index in [4.69, 9.17) is 20.9 Å². The summed E-state index contributed by atoms with van der Waals surface area (Å²) < 4.78 is 37.7. The first-order chi connectivity index (χ1) is 15.8. The van der Waals surface area contributed by atoms with Crippen LogP contribution in [0.25, 0.3) is 11.3 Å². The number of hydrogen-bond donors (Lipinski definition) is 1. The fraction of sp³-hybridized carbons (Fsp3) is 0.304. The lowest BCUT2D eigenvalue weighted by molar-refractivity contribution is 0.0955. The van der Waals surface area contributed by atoms with Gasteiger partial charge in [0.25, 0.3) is 5.91 Å². The van der Waals surface area contributed by atoms with E-state index < -0.39 is 15.9 Å². The zero-order valence-corrected chi connectivity index (χ0v) is 19.9. The van der Waals surface area contributed by atoms with Crippen molar-refractivity contribution in [2.45, 2.75) is 19.9 Å². The molecule has 3 aromatic rings. The molecule has 8 nitrogen and oxygen atoms in total. The summed E-state index contributed by atoms with van der Waals surface area (Å²) in [5, 5.41) is 7.09. The van der Waals surface area contributed by atoms with Crippen LogP contribution in [-0.4, -0.2) is 49.7 Å². The van der Waals surface area contributed by atoms with Crippen molar-refractivity contribution in [2.75, 3.05) is 26.0 Å². The summed E-state index contributed by atoms with van der Waals surface area (Å²) in [5.41, 5.74) is 3.17. The predicted molar refractivity (Wildman–Crippen MR) is 125 cm³/mol. The average molecular weight is 490 g/mol. The van der Waals surface area contributed by atoms with Crippen LogP contribution >= 0.6 is 11.6 Å². The highest BCUT2D eigenvalue weighted by Crippen LogP contribution is 2.31. The number of benzene rings is 2. The molecule has 174 valence electrons. The van der Waals surface area contributed by atoms with Gasteiger partial charge >= 0.3 is 0 Å². The maximum Gasteiger partial charge on any atom is 0.257 e. The van der Waals surface area contributed by atoms with Crippen LogP contribution in [0, 0.1) is 6.92 Å². The lowest BCUT2D eigenvalue weighted by atomic mass is 10.0. The number of fused-ring (bicyclic) bond motifs is 1. The predicted octanol–water partition coefficient (Wildman–Crippen LogP) is 3.43. The Kier molecular flexibility index (Phi) is 6.73. The number of methoxy groups -OCH3 is 1. The fourth-order valence-corrected chi connectivity index (χ4v) is 5.40. The number of nitrogens with one attached hydrogen (secondary N) is 1. The summed E-state index contributed by atoms with van der Waals surface area (Å²) in [4.78, 5) is 12.8. The number of halogens is 1. The quantitative estimate of drug-likeness (QED) is 0.545. The lowest BCUT2D eigenvalue weighted by Gasteiger charge is -2.28. The zero-order chi connectivity index (χ0) is 23.6. The molecule has 0 radical (unpaired) electrons. The molecule has 2 heterocycles. The van der Waals surface area contributed by atoms with Gasteiger partial charge in [0.1, 0.15) is 22.8 Å². The van der Waals surface area contributed by atoms with Crippen molar-refractivity contribution in [2.24, 2.45) is 0 Å². The number of nitrogens with zero attached hydrogens (tertiary/aromatic N) is 2. The summed E-state index contributed by atoms with van der Waals surface area (Å²) in [5.74, 6) is 0.409. The minimum absolute atomic E-state index is 0.0419. The summed E-state index contributed by atoms with van der Waals surface area (Å²) in [6.45, 7) is 2.27. The van der Waals surface area contributed by atoms with Gasteiger partial charge in [0.15, 0.2) is 0 Å². The first-order valence-electron chi connectivity index (χ1n) is 10.4. The monoisotopic (exact) mass is 489 g/mol. The Morgan fingerprint density at radius 3 is 2.79 bits per heavy atom. The molecule has 1 aliphatic rings. The molecule has 0 bridgehead atoms. The van der Waals surface area contributed by atoms with Gasteiger partial charge in [-0.1, -0.05) is 41.0 Å². The molecule has 10 heteroatoms. The Morgan fingerprint density at radius 2 is 2.03 bits per heavy atom. The molecule has 0 unspecified atom stereocenters. The average Bonchev–Trinajstić information content (AvgIpc) is 3.19. The van der Waals surface area contributed by atoms with Gasteiger partial charge in [-0.05, 0) is 42.7 Å². The number of aromatic nitrogens is 1. The second-order valence-electron chi connectivity index (χ2n) is 7.73. The topological polar surface area (TPSA) is 102 Å². The van der Waals surface area contributed by atoms with Gasteiger partial charge in [0, 0.05) is 25.2 Å². The van der Waals surface area contributed by atoms with Crippen LogP contribution in [0.2, 0.25) is 5.02 Å². The van der Waals surface area contributed by atoms with Crippen molar-refractivity contribution in [1.82, 2.24) is 14.8 Å². The second kappa shape index (κ2) is 9.54. The van der Waals surface area contributed by atoms with E-state index in [2.05, 4.69) is 10.5 Å². The molecule has 1 N–H and O–H groups in total. The van der Waals surface area contributed by atoms with Crippen LogP contribution in [0.5, 0.6) is 5.75 Å². The van der Waals surface area contributed by atoms with Crippen LogP contribution in [0.4, 0.5) is 0 Å². The van der Waals surface area contributed by atoms with Gasteiger partial charge in [0.05, 0.1) is 17.9 Å². The van der Waals surface area contributed by atoms with Crippen molar-refractivity contribution < 1.29 is 22.5 Å². The molecule has 0 fully saturated rings. The van der Waals surface area contributed by atoms with E-state index in [1.54, 1.807) is 38.3 Å². The summed E-state index contributed by atoms with van der Waals surface area (Å²) in [7, 11) is -1.95. The van der Waals surface area contributed by atoms with E-state index in [1.807, 2.05) is 18.2 Å². The van der Waals surface area contributed by atoms with Crippen molar-refractivity contribution in [3.8, 4) is 17.0 Å². The minimum Gasteiger partial charge on any atom is -0.497 e. The molecular weight excluding hydrogens is 466 g/mol. The highest BCUT2D eigenvalue weighted by Gasteiger charge is 2.28. The van der Waals surface area contributed by atoms with E-state index in [-0.39, 0.29) is 17.9 Å². The Labute approximate surface area is 197 Å². The van der Waals surface area contributed by atoms with Crippen molar-refractivity contribution in [3.05, 3.63) is 69.9 Å². The second-order valence-corrected chi connectivity index (χ2v) is 10.2. The highest BCUT2D eigenvalue weighted by atomic mass is 35.5. The number of sulfonamides is 1. The van der Waals surface area contributed by atoms with E-state index in [9.17, 15) is 13.2 Å². The number of aryl methyl sites for hydroxylation is 1. The van der Waals surface area contributed by atoms with Crippen LogP contribution in [-0.2, 0) is 23.0 Å². The molecular formula is C23H24ClN3O5S. The summed E-state index contributed by atoms with van der Waals surface area (Å²) in [6, 6.07) is 12.7. The van der Waals surface area contributed by atoms with Crippen LogP contribution in [0.1, 0.15) is 27.2 Å². The SMILES string of the molecule is COc1ccc2c(c1)CCN(S(=O)(=O)CCNC(=O)c1c(-c3ccccc3Cl)noc1C)C2. The number of hydrogen-bond acceptors (Lipinski definition) is 6. The van der Waals surface area contributed by atoms with E-state index >= 15 is 0 Å². The maximum absolute atomic E-state index is 12.9. The number of amides is 1. The minimum atomic E-state index is -3.56. The molecule has 4 rings (SSSR count). The van der Waals surface area contributed by atoms with Gasteiger partial charge in [-0.2, -0.15) is 4.31 Å². The number of rotatable bonds is 7. The zero-order valence-electron chi connectivity index (χ0n) is 18.3. The van der Waals surface area contributed by atoms with E-state index in [0.29, 0.717) is 41.6 Å². The van der Waals surface area contributed by atoms with E-state index in [0.717, 1.165) is 16.9 Å². The third-order valence-corrected chi connectivity index (χ3v) is 7.80. The van der Waals surface area contributed by atoms with Gasteiger partial charge in [-0.25, -0.2) is 8.42 Å². The van der Waals surface area contributed by atoms with Crippen LogP contribution < -0.4 is 10.1 Å².